The Morgan fingerprint density at radius 1 is 1.09 bits per heavy atom. The molecule has 3 aromatic carbocycles. The molecule has 4 aromatic rings. The van der Waals surface area contributed by atoms with Crippen LogP contribution in [0.15, 0.2) is 71.4 Å². The standard InChI is InChI=1S/C28H24FNO5/c1-3-32-25-13-26-22(23(15-33-26)19-5-7-20(29)8-6-19)12-21(25)17(2)10-28(31)30-14-18-4-9-24-27(11-18)35-16-34-24/h4-13,15H,3,14,16H2,1-2H3,(H,30,31)/b17-10+. The molecule has 0 radical (unpaired) electrons. The first-order valence-corrected chi connectivity index (χ1v) is 11.3. The van der Waals surface area contributed by atoms with Crippen molar-refractivity contribution in [1.82, 2.24) is 5.32 Å². The third-order valence-electron chi connectivity index (χ3n) is 5.81. The minimum atomic E-state index is -0.300. The van der Waals surface area contributed by atoms with Gasteiger partial charge in [0.2, 0.25) is 12.7 Å². The first-order valence-electron chi connectivity index (χ1n) is 11.3. The minimum absolute atomic E-state index is 0.207. The van der Waals surface area contributed by atoms with Gasteiger partial charge in [-0.05, 0) is 60.9 Å². The maximum Gasteiger partial charge on any atom is 0.244 e. The number of rotatable bonds is 7. The highest BCUT2D eigenvalue weighted by atomic mass is 19.1. The van der Waals surface area contributed by atoms with E-state index in [1.807, 2.05) is 44.2 Å². The summed E-state index contributed by atoms with van der Waals surface area (Å²) >= 11 is 0. The normalized spacial score (nSPS) is 12.7. The summed E-state index contributed by atoms with van der Waals surface area (Å²) in [6.45, 7) is 4.79. The summed E-state index contributed by atoms with van der Waals surface area (Å²) in [5, 5.41) is 3.76. The SMILES string of the molecule is CCOc1cc2occ(-c3ccc(F)cc3)c2cc1/C(C)=C/C(=O)NCc1ccc2c(c1)OCO2. The predicted octanol–water partition coefficient (Wildman–Crippen LogP) is 6.09. The van der Waals surface area contributed by atoms with Gasteiger partial charge in [0.25, 0.3) is 0 Å². The molecule has 0 saturated carbocycles. The Bertz CT molecular complexity index is 1420. The van der Waals surface area contributed by atoms with Crippen LogP contribution in [0.3, 0.4) is 0 Å². The van der Waals surface area contributed by atoms with Gasteiger partial charge in [0.05, 0.1) is 12.9 Å². The van der Waals surface area contributed by atoms with E-state index < -0.39 is 0 Å². The van der Waals surface area contributed by atoms with Gasteiger partial charge >= 0.3 is 0 Å². The van der Waals surface area contributed by atoms with Crippen LogP contribution in [0, 0.1) is 5.82 Å². The molecule has 0 saturated heterocycles. The number of hydrogen-bond acceptors (Lipinski definition) is 5. The van der Waals surface area contributed by atoms with Crippen molar-refractivity contribution >= 4 is 22.4 Å². The van der Waals surface area contributed by atoms with Gasteiger partial charge in [-0.25, -0.2) is 4.39 Å². The molecule has 5 rings (SSSR count). The zero-order chi connectivity index (χ0) is 24.4. The highest BCUT2D eigenvalue weighted by Crippen LogP contribution is 2.37. The molecule has 1 amide bonds. The average molecular weight is 474 g/mol. The van der Waals surface area contributed by atoms with Crippen molar-refractivity contribution in [2.24, 2.45) is 0 Å². The van der Waals surface area contributed by atoms with Gasteiger partial charge in [0, 0.05) is 35.2 Å². The second-order valence-corrected chi connectivity index (χ2v) is 8.17. The Kier molecular flexibility index (Phi) is 6.14. The van der Waals surface area contributed by atoms with Gasteiger partial charge in [0.15, 0.2) is 11.5 Å². The molecule has 0 spiro atoms. The van der Waals surface area contributed by atoms with Crippen LogP contribution in [0.1, 0.15) is 25.0 Å². The van der Waals surface area contributed by atoms with E-state index in [0.29, 0.717) is 36.0 Å². The van der Waals surface area contributed by atoms with E-state index in [1.54, 1.807) is 24.5 Å². The van der Waals surface area contributed by atoms with Gasteiger partial charge in [-0.2, -0.15) is 0 Å². The molecule has 35 heavy (non-hydrogen) atoms. The Hall–Kier alpha value is -4.26. The van der Waals surface area contributed by atoms with E-state index in [2.05, 4.69) is 5.32 Å². The summed E-state index contributed by atoms with van der Waals surface area (Å²) in [6, 6.07) is 15.6. The second kappa shape index (κ2) is 9.54. The lowest BCUT2D eigenvalue weighted by molar-refractivity contribution is -0.116. The van der Waals surface area contributed by atoms with E-state index in [0.717, 1.165) is 33.2 Å². The Balaban J connectivity index is 1.41. The van der Waals surface area contributed by atoms with Crippen LogP contribution in [-0.4, -0.2) is 19.3 Å². The van der Waals surface area contributed by atoms with Crippen molar-refractivity contribution in [2.45, 2.75) is 20.4 Å². The first-order chi connectivity index (χ1) is 17.0. The maximum atomic E-state index is 13.4. The fourth-order valence-electron chi connectivity index (χ4n) is 4.06. The monoisotopic (exact) mass is 473 g/mol. The number of halogens is 1. The number of benzene rings is 3. The number of amides is 1. The van der Waals surface area contributed by atoms with Crippen molar-refractivity contribution in [2.75, 3.05) is 13.4 Å². The van der Waals surface area contributed by atoms with Crippen LogP contribution in [0.5, 0.6) is 17.2 Å². The lowest BCUT2D eigenvalue weighted by atomic mass is 9.99. The fraction of sp³-hybridized carbons (Fsp3) is 0.179. The van der Waals surface area contributed by atoms with Crippen LogP contribution in [0.25, 0.3) is 27.7 Å². The number of carbonyl (C=O) groups is 1. The van der Waals surface area contributed by atoms with E-state index in [1.165, 1.54) is 12.1 Å². The number of ether oxygens (including phenoxy) is 3. The molecule has 2 heterocycles. The average Bonchev–Trinajstić information content (AvgIpc) is 3.49. The third kappa shape index (κ3) is 4.71. The zero-order valence-electron chi connectivity index (χ0n) is 19.4. The van der Waals surface area contributed by atoms with E-state index in [-0.39, 0.29) is 18.5 Å². The molecule has 7 heteroatoms. The zero-order valence-corrected chi connectivity index (χ0v) is 19.4. The molecule has 1 aliphatic heterocycles. The van der Waals surface area contributed by atoms with Gasteiger partial charge in [-0.15, -0.1) is 0 Å². The highest BCUT2D eigenvalue weighted by Gasteiger charge is 2.16. The Morgan fingerprint density at radius 2 is 1.89 bits per heavy atom. The summed E-state index contributed by atoms with van der Waals surface area (Å²) in [5.74, 6) is 1.47. The molecular weight excluding hydrogens is 449 g/mol. The molecule has 0 unspecified atom stereocenters. The molecule has 1 aliphatic rings. The lowest BCUT2D eigenvalue weighted by Gasteiger charge is -2.12. The van der Waals surface area contributed by atoms with E-state index in [4.69, 9.17) is 18.6 Å². The molecule has 1 N–H and O–H groups in total. The van der Waals surface area contributed by atoms with Crippen molar-refractivity contribution in [3.05, 3.63) is 83.9 Å². The number of hydrogen-bond donors (Lipinski definition) is 1. The van der Waals surface area contributed by atoms with E-state index >= 15 is 0 Å². The highest BCUT2D eigenvalue weighted by molar-refractivity contribution is 6.00. The van der Waals surface area contributed by atoms with Crippen molar-refractivity contribution in [3.63, 3.8) is 0 Å². The van der Waals surface area contributed by atoms with Crippen molar-refractivity contribution < 1.29 is 27.8 Å². The fourth-order valence-corrected chi connectivity index (χ4v) is 4.06. The van der Waals surface area contributed by atoms with Gasteiger partial charge in [-0.3, -0.25) is 4.79 Å². The lowest BCUT2D eigenvalue weighted by Crippen LogP contribution is -2.20. The minimum Gasteiger partial charge on any atom is -0.493 e. The van der Waals surface area contributed by atoms with Gasteiger partial charge in [-0.1, -0.05) is 18.2 Å². The molecule has 178 valence electrons. The third-order valence-corrected chi connectivity index (χ3v) is 5.81. The molecule has 0 bridgehead atoms. The topological polar surface area (TPSA) is 69.9 Å². The van der Waals surface area contributed by atoms with Crippen molar-refractivity contribution in [3.8, 4) is 28.4 Å². The largest absolute Gasteiger partial charge is 0.493 e. The van der Waals surface area contributed by atoms with Gasteiger partial charge in [0.1, 0.15) is 17.1 Å². The molecule has 1 aromatic heterocycles. The molecule has 0 aliphatic carbocycles. The van der Waals surface area contributed by atoms with Crippen LogP contribution in [-0.2, 0) is 11.3 Å². The number of allylic oxidation sites excluding steroid dienone is 1. The van der Waals surface area contributed by atoms with E-state index in [9.17, 15) is 9.18 Å². The Morgan fingerprint density at radius 3 is 2.69 bits per heavy atom. The number of carbonyl (C=O) groups excluding carboxylic acids is 1. The molecular formula is C28H24FNO5. The van der Waals surface area contributed by atoms with Crippen LogP contribution < -0.4 is 19.5 Å². The second-order valence-electron chi connectivity index (χ2n) is 8.17. The van der Waals surface area contributed by atoms with Crippen LogP contribution in [0.2, 0.25) is 0 Å². The first kappa shape index (κ1) is 22.5. The summed E-state index contributed by atoms with van der Waals surface area (Å²) in [6.07, 6.45) is 3.20. The van der Waals surface area contributed by atoms with Crippen LogP contribution in [0.4, 0.5) is 4.39 Å². The Labute approximate surface area is 201 Å². The smallest absolute Gasteiger partial charge is 0.244 e. The summed E-state index contributed by atoms with van der Waals surface area (Å²) in [7, 11) is 0. The number of fused-ring (bicyclic) bond motifs is 2. The number of furan rings is 1. The number of nitrogens with one attached hydrogen (secondary N) is 1. The van der Waals surface area contributed by atoms with Gasteiger partial charge < -0.3 is 23.9 Å². The summed E-state index contributed by atoms with van der Waals surface area (Å²) in [4.78, 5) is 12.7. The summed E-state index contributed by atoms with van der Waals surface area (Å²) < 4.78 is 35.7. The summed E-state index contributed by atoms with van der Waals surface area (Å²) in [5.41, 5.74) is 4.75. The van der Waals surface area contributed by atoms with Crippen LogP contribution >= 0.6 is 0 Å². The maximum absolute atomic E-state index is 13.4. The molecule has 0 atom stereocenters. The quantitative estimate of drug-likeness (QED) is 0.329. The predicted molar refractivity (Wildman–Crippen MR) is 131 cm³/mol. The van der Waals surface area contributed by atoms with Crippen molar-refractivity contribution in [1.29, 1.82) is 0 Å². The molecule has 6 nitrogen and oxygen atoms in total. The molecule has 0 fully saturated rings.